The molecule has 76 valence electrons. The molecule has 1 aromatic carbocycles. The highest BCUT2D eigenvalue weighted by Crippen LogP contribution is 2.14. The summed E-state index contributed by atoms with van der Waals surface area (Å²) in [7, 11) is 0. The zero-order valence-electron chi connectivity index (χ0n) is 8.63. The van der Waals surface area contributed by atoms with Gasteiger partial charge in [-0.15, -0.1) is 0 Å². The zero-order chi connectivity index (χ0) is 10.6. The monoisotopic (exact) mass is 193 g/mol. The molecule has 0 unspecified atom stereocenters. The molecule has 1 nitrogen and oxygen atoms in total. The van der Waals surface area contributed by atoms with Crippen LogP contribution in [0.15, 0.2) is 29.8 Å². The van der Waals surface area contributed by atoms with E-state index in [1.165, 1.54) is 12.1 Å². The Balaban J connectivity index is 2.94. The first kappa shape index (κ1) is 10.9. The molecule has 0 bridgehead atoms. The first-order chi connectivity index (χ1) is 6.63. The second kappa shape index (κ2) is 4.91. The van der Waals surface area contributed by atoms with Gasteiger partial charge in [-0.25, -0.2) is 4.39 Å². The molecule has 0 amide bonds. The van der Waals surface area contributed by atoms with Crippen LogP contribution in [0.5, 0.6) is 0 Å². The van der Waals surface area contributed by atoms with Crippen LogP contribution < -0.4 is 5.73 Å². The molecule has 0 spiro atoms. The van der Waals surface area contributed by atoms with Crippen molar-refractivity contribution in [2.45, 2.75) is 13.8 Å². The van der Waals surface area contributed by atoms with E-state index < -0.39 is 0 Å². The summed E-state index contributed by atoms with van der Waals surface area (Å²) in [6.45, 7) is 4.68. The van der Waals surface area contributed by atoms with Gasteiger partial charge in [-0.05, 0) is 23.6 Å². The van der Waals surface area contributed by atoms with E-state index in [9.17, 15) is 4.39 Å². The number of nitrogens with two attached hydrogens (primary N) is 1. The van der Waals surface area contributed by atoms with Crippen LogP contribution in [-0.4, -0.2) is 6.54 Å². The fourth-order valence-corrected chi connectivity index (χ4v) is 1.27. The fourth-order valence-electron chi connectivity index (χ4n) is 1.27. The van der Waals surface area contributed by atoms with Crippen molar-refractivity contribution in [1.82, 2.24) is 0 Å². The molecule has 0 aliphatic rings. The first-order valence-electron chi connectivity index (χ1n) is 4.79. The lowest BCUT2D eigenvalue weighted by Gasteiger charge is -2.08. The van der Waals surface area contributed by atoms with Gasteiger partial charge >= 0.3 is 0 Å². The van der Waals surface area contributed by atoms with E-state index >= 15 is 0 Å². The van der Waals surface area contributed by atoms with Gasteiger partial charge in [-0.2, -0.15) is 0 Å². The van der Waals surface area contributed by atoms with Gasteiger partial charge in [0.2, 0.25) is 0 Å². The summed E-state index contributed by atoms with van der Waals surface area (Å²) in [4.78, 5) is 0. The van der Waals surface area contributed by atoms with E-state index in [4.69, 9.17) is 5.73 Å². The van der Waals surface area contributed by atoms with Crippen LogP contribution in [-0.2, 0) is 0 Å². The van der Waals surface area contributed by atoms with Crippen molar-refractivity contribution in [3.8, 4) is 0 Å². The molecular weight excluding hydrogens is 177 g/mol. The SMILES string of the molecule is CC(C)C(=Cc1cccc(F)c1)CN. The van der Waals surface area contributed by atoms with Gasteiger partial charge in [0.25, 0.3) is 0 Å². The van der Waals surface area contributed by atoms with Gasteiger partial charge in [-0.3, -0.25) is 0 Å². The second-order valence-electron chi connectivity index (χ2n) is 3.63. The van der Waals surface area contributed by atoms with E-state index in [0.29, 0.717) is 12.5 Å². The smallest absolute Gasteiger partial charge is 0.123 e. The number of rotatable bonds is 3. The minimum absolute atomic E-state index is 0.209. The average molecular weight is 193 g/mol. The molecule has 2 heteroatoms. The van der Waals surface area contributed by atoms with Gasteiger partial charge in [0, 0.05) is 6.54 Å². The third kappa shape index (κ3) is 2.96. The highest BCUT2D eigenvalue weighted by molar-refractivity contribution is 5.53. The van der Waals surface area contributed by atoms with E-state index in [-0.39, 0.29) is 5.82 Å². The van der Waals surface area contributed by atoms with E-state index in [2.05, 4.69) is 13.8 Å². The standard InChI is InChI=1S/C12H16FN/c1-9(2)11(8-14)6-10-4-3-5-12(13)7-10/h3-7,9H,8,14H2,1-2H3. The van der Waals surface area contributed by atoms with Crippen molar-refractivity contribution in [3.63, 3.8) is 0 Å². The van der Waals surface area contributed by atoms with Crippen LogP contribution in [0.4, 0.5) is 4.39 Å². The topological polar surface area (TPSA) is 26.0 Å². The molecule has 0 heterocycles. The van der Waals surface area contributed by atoms with Crippen LogP contribution in [0.1, 0.15) is 19.4 Å². The molecule has 0 saturated carbocycles. The summed E-state index contributed by atoms with van der Waals surface area (Å²) in [5, 5.41) is 0. The molecule has 0 saturated heterocycles. The summed E-state index contributed by atoms with van der Waals surface area (Å²) in [5.41, 5.74) is 7.61. The predicted octanol–water partition coefficient (Wildman–Crippen LogP) is 2.82. The fraction of sp³-hybridized carbons (Fsp3) is 0.333. The Labute approximate surface area is 84.4 Å². The lowest BCUT2D eigenvalue weighted by atomic mass is 10.0. The first-order valence-corrected chi connectivity index (χ1v) is 4.79. The molecule has 0 aliphatic carbocycles. The number of hydrogen-bond acceptors (Lipinski definition) is 1. The molecule has 0 fully saturated rings. The molecule has 2 N–H and O–H groups in total. The van der Waals surface area contributed by atoms with Crippen LogP contribution in [0.25, 0.3) is 6.08 Å². The Kier molecular flexibility index (Phi) is 3.84. The van der Waals surface area contributed by atoms with Gasteiger partial charge in [0.1, 0.15) is 5.82 Å². The molecular formula is C12H16FN. The van der Waals surface area contributed by atoms with Crippen molar-refractivity contribution in [2.24, 2.45) is 11.7 Å². The lowest BCUT2D eigenvalue weighted by molar-refractivity contribution is 0.627. The Morgan fingerprint density at radius 2 is 2.21 bits per heavy atom. The minimum Gasteiger partial charge on any atom is -0.327 e. The van der Waals surface area contributed by atoms with Crippen LogP contribution in [0, 0.1) is 11.7 Å². The van der Waals surface area contributed by atoms with Crippen molar-refractivity contribution in [3.05, 3.63) is 41.2 Å². The maximum atomic E-state index is 12.9. The zero-order valence-corrected chi connectivity index (χ0v) is 8.63. The highest BCUT2D eigenvalue weighted by Gasteiger charge is 2.01. The molecule has 0 aliphatic heterocycles. The number of halogens is 1. The van der Waals surface area contributed by atoms with Crippen LogP contribution in [0.2, 0.25) is 0 Å². The normalized spacial score (nSPS) is 12.2. The lowest BCUT2D eigenvalue weighted by Crippen LogP contribution is -2.08. The molecule has 14 heavy (non-hydrogen) atoms. The van der Waals surface area contributed by atoms with Crippen molar-refractivity contribution >= 4 is 6.08 Å². The summed E-state index contributed by atoms with van der Waals surface area (Å²) in [6, 6.07) is 6.53. The van der Waals surface area contributed by atoms with Crippen molar-refractivity contribution < 1.29 is 4.39 Å². The Hall–Kier alpha value is -1.15. The largest absolute Gasteiger partial charge is 0.327 e. The third-order valence-electron chi connectivity index (χ3n) is 2.18. The minimum atomic E-state index is -0.209. The average Bonchev–Trinajstić information content (AvgIpc) is 2.14. The van der Waals surface area contributed by atoms with Crippen molar-refractivity contribution in [1.29, 1.82) is 0 Å². The summed E-state index contributed by atoms with van der Waals surface area (Å²) >= 11 is 0. The Morgan fingerprint density at radius 3 is 2.71 bits per heavy atom. The van der Waals surface area contributed by atoms with E-state index in [1.807, 2.05) is 12.1 Å². The molecule has 1 aromatic rings. The molecule has 1 rings (SSSR count). The summed E-state index contributed by atoms with van der Waals surface area (Å²) < 4.78 is 12.9. The number of benzene rings is 1. The van der Waals surface area contributed by atoms with Gasteiger partial charge in [0.15, 0.2) is 0 Å². The number of hydrogen-bond donors (Lipinski definition) is 1. The van der Waals surface area contributed by atoms with E-state index in [0.717, 1.165) is 11.1 Å². The van der Waals surface area contributed by atoms with Gasteiger partial charge < -0.3 is 5.73 Å². The van der Waals surface area contributed by atoms with Gasteiger partial charge in [0.05, 0.1) is 0 Å². The molecule has 0 atom stereocenters. The van der Waals surface area contributed by atoms with E-state index in [1.54, 1.807) is 6.07 Å². The Morgan fingerprint density at radius 1 is 1.50 bits per heavy atom. The molecule has 0 aromatic heterocycles. The summed E-state index contributed by atoms with van der Waals surface area (Å²) in [6.07, 6.45) is 1.95. The predicted molar refractivity (Wildman–Crippen MR) is 58.3 cm³/mol. The van der Waals surface area contributed by atoms with Crippen molar-refractivity contribution in [2.75, 3.05) is 6.54 Å². The second-order valence-corrected chi connectivity index (χ2v) is 3.63. The summed E-state index contributed by atoms with van der Waals surface area (Å²) in [5.74, 6) is 0.196. The Bertz CT molecular complexity index is 329. The maximum Gasteiger partial charge on any atom is 0.123 e. The van der Waals surface area contributed by atoms with Crippen LogP contribution >= 0.6 is 0 Å². The quantitative estimate of drug-likeness (QED) is 0.784. The maximum absolute atomic E-state index is 12.9. The van der Waals surface area contributed by atoms with Gasteiger partial charge in [-0.1, -0.05) is 37.6 Å². The molecule has 0 radical (unpaired) electrons. The highest BCUT2D eigenvalue weighted by atomic mass is 19.1. The van der Waals surface area contributed by atoms with Crippen LogP contribution in [0.3, 0.4) is 0 Å². The third-order valence-corrected chi connectivity index (χ3v) is 2.18.